The Morgan fingerprint density at radius 2 is 0.886 bits per heavy atom. The Kier molecular flexibility index (Phi) is 22.0. The van der Waals surface area contributed by atoms with Gasteiger partial charge in [-0.1, -0.05) is 143 Å². The van der Waals surface area contributed by atoms with Gasteiger partial charge in [0, 0.05) is 0 Å². The molecule has 5 heteroatoms. The van der Waals surface area contributed by atoms with E-state index in [-0.39, 0.29) is 5.75 Å². The van der Waals surface area contributed by atoms with E-state index >= 15 is 0 Å². The van der Waals surface area contributed by atoms with Crippen LogP contribution in [0.3, 0.4) is 0 Å². The zero-order valence-electron chi connectivity index (χ0n) is 23.6. The monoisotopic (exact) mass is 514 g/mol. The van der Waals surface area contributed by atoms with Crippen LogP contribution in [-0.2, 0) is 9.59 Å². The molecular formula is C30H58O4S. The number of hydrogen-bond acceptors (Lipinski definition) is 3. The molecule has 0 amide bonds. The Morgan fingerprint density at radius 3 is 1.17 bits per heavy atom. The van der Waals surface area contributed by atoms with E-state index < -0.39 is 16.7 Å². The Bertz CT molecular complexity index is 490. The SMILES string of the molecule is CC(C)CCCCCCCCCCC(CCCCCCCCCCC(C)C)(SCC(=O)O)C(=O)O. The Morgan fingerprint density at radius 1 is 0.571 bits per heavy atom. The van der Waals surface area contributed by atoms with Gasteiger partial charge < -0.3 is 10.2 Å². The van der Waals surface area contributed by atoms with E-state index in [0.29, 0.717) is 12.8 Å². The van der Waals surface area contributed by atoms with Crippen molar-refractivity contribution in [3.05, 3.63) is 0 Å². The van der Waals surface area contributed by atoms with Crippen LogP contribution in [0.25, 0.3) is 0 Å². The molecule has 0 aliphatic rings. The molecule has 0 unspecified atom stereocenters. The molecule has 0 aliphatic carbocycles. The normalized spacial score (nSPS) is 12.1. The minimum Gasteiger partial charge on any atom is -0.481 e. The summed E-state index contributed by atoms with van der Waals surface area (Å²) >= 11 is 1.15. The quantitative estimate of drug-likeness (QED) is 0.112. The summed E-state index contributed by atoms with van der Waals surface area (Å²) in [5, 5.41) is 19.2. The fraction of sp³-hybridized carbons (Fsp3) is 0.933. The van der Waals surface area contributed by atoms with Gasteiger partial charge in [0.15, 0.2) is 0 Å². The summed E-state index contributed by atoms with van der Waals surface area (Å²) in [6.07, 6.45) is 22.9. The summed E-state index contributed by atoms with van der Waals surface area (Å²) in [4.78, 5) is 23.4. The predicted molar refractivity (Wildman–Crippen MR) is 152 cm³/mol. The van der Waals surface area contributed by atoms with Gasteiger partial charge in [-0.2, -0.15) is 0 Å². The minimum absolute atomic E-state index is 0.126. The van der Waals surface area contributed by atoms with Crippen molar-refractivity contribution in [2.75, 3.05) is 5.75 Å². The van der Waals surface area contributed by atoms with Crippen molar-refractivity contribution >= 4 is 23.7 Å². The van der Waals surface area contributed by atoms with Gasteiger partial charge in [0.25, 0.3) is 0 Å². The first kappa shape index (κ1) is 34.3. The van der Waals surface area contributed by atoms with E-state index in [1.807, 2.05) is 0 Å². The predicted octanol–water partition coefficient (Wildman–Crippen LogP) is 9.74. The first-order chi connectivity index (χ1) is 16.7. The lowest BCUT2D eigenvalue weighted by Crippen LogP contribution is -2.36. The maximum Gasteiger partial charge on any atom is 0.319 e. The van der Waals surface area contributed by atoms with Crippen molar-refractivity contribution in [2.24, 2.45) is 11.8 Å². The van der Waals surface area contributed by atoms with Gasteiger partial charge in [-0.3, -0.25) is 9.59 Å². The molecule has 0 aliphatic heterocycles. The molecule has 208 valence electrons. The standard InChI is InChI=1S/C30H58O4S/c1-26(2)21-17-13-9-5-7-11-15-19-23-30(29(33)34,35-25-28(31)32)24-20-16-12-8-6-10-14-18-22-27(3)4/h26-27H,5-25H2,1-4H3,(H,31,32)(H,33,34). The van der Waals surface area contributed by atoms with Crippen molar-refractivity contribution in [3.8, 4) is 0 Å². The minimum atomic E-state index is -0.938. The number of carboxylic acid groups (broad SMARTS) is 2. The zero-order chi connectivity index (χ0) is 26.4. The van der Waals surface area contributed by atoms with E-state index in [9.17, 15) is 14.7 Å². The molecule has 0 aromatic heterocycles. The summed E-state index contributed by atoms with van der Waals surface area (Å²) in [5.74, 6) is -0.269. The Hall–Kier alpha value is -0.710. The van der Waals surface area contributed by atoms with Gasteiger partial charge in [0.05, 0.1) is 5.75 Å². The first-order valence-corrected chi connectivity index (χ1v) is 15.8. The number of thioether (sulfide) groups is 1. The molecule has 0 aromatic carbocycles. The van der Waals surface area contributed by atoms with Gasteiger partial charge in [-0.25, -0.2) is 0 Å². The molecule has 0 heterocycles. The highest BCUT2D eigenvalue weighted by molar-refractivity contribution is 8.02. The van der Waals surface area contributed by atoms with Crippen LogP contribution >= 0.6 is 11.8 Å². The molecule has 0 rings (SSSR count). The van der Waals surface area contributed by atoms with Crippen LogP contribution in [0.5, 0.6) is 0 Å². The Balaban J connectivity index is 4.21. The molecule has 0 radical (unpaired) electrons. The molecule has 0 bridgehead atoms. The van der Waals surface area contributed by atoms with Gasteiger partial charge in [-0.15, -0.1) is 11.8 Å². The van der Waals surface area contributed by atoms with E-state index in [2.05, 4.69) is 27.7 Å². The van der Waals surface area contributed by atoms with Crippen LogP contribution in [0.4, 0.5) is 0 Å². The molecule has 0 fully saturated rings. The third-order valence-electron chi connectivity index (χ3n) is 7.09. The second kappa shape index (κ2) is 22.5. The van der Waals surface area contributed by atoms with Crippen LogP contribution in [0.1, 0.15) is 156 Å². The molecule has 0 saturated heterocycles. The summed E-state index contributed by atoms with van der Waals surface area (Å²) in [7, 11) is 0. The van der Waals surface area contributed by atoms with Crippen LogP contribution in [-0.4, -0.2) is 32.7 Å². The highest BCUT2D eigenvalue weighted by atomic mass is 32.2. The lowest BCUT2D eigenvalue weighted by atomic mass is 9.93. The van der Waals surface area contributed by atoms with Crippen LogP contribution in [0.15, 0.2) is 0 Å². The number of aliphatic carboxylic acids is 2. The summed E-state index contributed by atoms with van der Waals surface area (Å²) in [6, 6.07) is 0. The fourth-order valence-electron chi connectivity index (χ4n) is 4.79. The van der Waals surface area contributed by atoms with Crippen molar-refractivity contribution in [1.29, 1.82) is 0 Å². The number of carbonyl (C=O) groups is 2. The smallest absolute Gasteiger partial charge is 0.319 e. The van der Waals surface area contributed by atoms with E-state index in [0.717, 1.165) is 62.1 Å². The second-order valence-electron chi connectivity index (χ2n) is 11.5. The van der Waals surface area contributed by atoms with Crippen LogP contribution in [0, 0.1) is 11.8 Å². The lowest BCUT2D eigenvalue weighted by molar-refractivity contribution is -0.140. The number of rotatable bonds is 26. The fourth-order valence-corrected chi connectivity index (χ4v) is 5.89. The van der Waals surface area contributed by atoms with Crippen molar-refractivity contribution in [3.63, 3.8) is 0 Å². The average Bonchev–Trinajstić information content (AvgIpc) is 2.78. The summed E-state index contributed by atoms with van der Waals surface area (Å²) in [6.45, 7) is 9.12. The van der Waals surface area contributed by atoms with Gasteiger partial charge in [0.1, 0.15) is 4.75 Å². The number of unbranched alkanes of at least 4 members (excludes halogenated alkanes) is 14. The number of hydrogen-bond donors (Lipinski definition) is 2. The maximum atomic E-state index is 12.2. The van der Waals surface area contributed by atoms with Gasteiger partial charge in [-0.05, 0) is 24.7 Å². The molecule has 0 aromatic rings. The van der Waals surface area contributed by atoms with Crippen molar-refractivity contribution in [2.45, 2.75) is 161 Å². The molecule has 0 atom stereocenters. The largest absolute Gasteiger partial charge is 0.481 e. The van der Waals surface area contributed by atoms with Crippen molar-refractivity contribution < 1.29 is 19.8 Å². The first-order valence-electron chi connectivity index (χ1n) is 14.8. The molecule has 4 nitrogen and oxygen atoms in total. The van der Waals surface area contributed by atoms with Crippen LogP contribution < -0.4 is 0 Å². The van der Waals surface area contributed by atoms with Crippen molar-refractivity contribution in [1.82, 2.24) is 0 Å². The van der Waals surface area contributed by atoms with Crippen LogP contribution in [0.2, 0.25) is 0 Å². The summed E-state index contributed by atoms with van der Waals surface area (Å²) in [5.41, 5.74) is 0. The van der Waals surface area contributed by atoms with E-state index in [1.54, 1.807) is 0 Å². The topological polar surface area (TPSA) is 74.6 Å². The lowest BCUT2D eigenvalue weighted by Gasteiger charge is -2.28. The molecule has 0 saturated carbocycles. The third kappa shape index (κ3) is 21.1. The maximum absolute atomic E-state index is 12.2. The Labute approximate surface area is 221 Å². The molecule has 0 spiro atoms. The molecule has 2 N–H and O–H groups in total. The highest BCUT2D eigenvalue weighted by Crippen LogP contribution is 2.37. The van der Waals surface area contributed by atoms with E-state index in [1.165, 1.54) is 77.0 Å². The molecular weight excluding hydrogens is 456 g/mol. The second-order valence-corrected chi connectivity index (χ2v) is 12.9. The number of carboxylic acids is 2. The average molecular weight is 515 g/mol. The zero-order valence-corrected chi connectivity index (χ0v) is 24.4. The van der Waals surface area contributed by atoms with E-state index in [4.69, 9.17) is 5.11 Å². The highest BCUT2D eigenvalue weighted by Gasteiger charge is 2.38. The van der Waals surface area contributed by atoms with Gasteiger partial charge in [0.2, 0.25) is 0 Å². The third-order valence-corrected chi connectivity index (χ3v) is 8.61. The van der Waals surface area contributed by atoms with Gasteiger partial charge >= 0.3 is 11.9 Å². The molecule has 35 heavy (non-hydrogen) atoms. The summed E-state index contributed by atoms with van der Waals surface area (Å²) < 4.78 is -0.938.